The summed E-state index contributed by atoms with van der Waals surface area (Å²) >= 11 is 0. The van der Waals surface area contributed by atoms with Crippen LogP contribution in [-0.4, -0.2) is 35.8 Å². The molecule has 0 bridgehead atoms. The van der Waals surface area contributed by atoms with Gasteiger partial charge in [0.25, 0.3) is 0 Å². The van der Waals surface area contributed by atoms with Gasteiger partial charge in [-0.1, -0.05) is 36.4 Å². The van der Waals surface area contributed by atoms with Crippen molar-refractivity contribution < 1.29 is 27.8 Å². The highest BCUT2D eigenvalue weighted by Crippen LogP contribution is 2.30. The minimum Gasteiger partial charge on any atom is -0.444 e. The molecule has 32 heavy (non-hydrogen) atoms. The van der Waals surface area contributed by atoms with Crippen LogP contribution in [-0.2, 0) is 16.1 Å². The van der Waals surface area contributed by atoms with Crippen LogP contribution in [0.2, 0.25) is 0 Å². The molecule has 2 amide bonds. The van der Waals surface area contributed by atoms with E-state index in [-0.39, 0.29) is 37.4 Å². The van der Waals surface area contributed by atoms with Crippen LogP contribution in [0.3, 0.4) is 0 Å². The lowest BCUT2D eigenvalue weighted by atomic mass is 9.98. The Kier molecular flexibility index (Phi) is 7.12. The second kappa shape index (κ2) is 9.80. The van der Waals surface area contributed by atoms with Gasteiger partial charge in [-0.3, -0.25) is 5.32 Å². The number of ether oxygens (including phenoxy) is 2. The summed E-state index contributed by atoms with van der Waals surface area (Å²) in [5.41, 5.74) is 0.411. The molecule has 0 unspecified atom stereocenters. The summed E-state index contributed by atoms with van der Waals surface area (Å²) in [6, 6.07) is 11.1. The Morgan fingerprint density at radius 3 is 2.31 bits per heavy atom. The average molecular weight is 444 g/mol. The standard InChI is InChI=1S/C24H26F2N2O4/c1-24(2,3)32-23(30)28-11-9-17(10-12-28)21-19(25)13-18(14-20(21)26)27-22(29)31-15-16-7-5-4-6-8-16/h4-9,13-14H,10-12,15H2,1-3H3,(H,27,29). The fourth-order valence-corrected chi connectivity index (χ4v) is 3.22. The molecule has 0 saturated carbocycles. The molecule has 8 heteroatoms. The number of carbonyl (C=O) groups is 2. The zero-order chi connectivity index (χ0) is 23.3. The second-order valence-electron chi connectivity index (χ2n) is 8.41. The van der Waals surface area contributed by atoms with Crippen molar-refractivity contribution in [2.24, 2.45) is 0 Å². The smallest absolute Gasteiger partial charge is 0.411 e. The lowest BCUT2D eigenvalue weighted by molar-refractivity contribution is 0.0270. The Morgan fingerprint density at radius 2 is 1.75 bits per heavy atom. The monoisotopic (exact) mass is 444 g/mol. The lowest BCUT2D eigenvalue weighted by Gasteiger charge is -2.29. The maximum Gasteiger partial charge on any atom is 0.411 e. The van der Waals surface area contributed by atoms with E-state index in [1.165, 1.54) is 4.90 Å². The summed E-state index contributed by atoms with van der Waals surface area (Å²) < 4.78 is 39.8. The molecule has 0 atom stereocenters. The van der Waals surface area contributed by atoms with Gasteiger partial charge in [-0.25, -0.2) is 18.4 Å². The Labute approximate surface area is 185 Å². The van der Waals surface area contributed by atoms with Gasteiger partial charge in [0, 0.05) is 24.3 Å². The highest BCUT2D eigenvalue weighted by atomic mass is 19.1. The van der Waals surface area contributed by atoms with E-state index >= 15 is 0 Å². The molecular weight excluding hydrogens is 418 g/mol. The van der Waals surface area contributed by atoms with Gasteiger partial charge in [-0.15, -0.1) is 0 Å². The molecule has 0 fully saturated rings. The molecule has 2 aromatic carbocycles. The summed E-state index contributed by atoms with van der Waals surface area (Å²) in [7, 11) is 0. The quantitative estimate of drug-likeness (QED) is 0.653. The van der Waals surface area contributed by atoms with E-state index < -0.39 is 29.4 Å². The van der Waals surface area contributed by atoms with Crippen molar-refractivity contribution >= 4 is 23.4 Å². The fraction of sp³-hybridized carbons (Fsp3) is 0.333. The van der Waals surface area contributed by atoms with Gasteiger partial charge in [0.15, 0.2) is 0 Å². The second-order valence-corrected chi connectivity index (χ2v) is 8.41. The van der Waals surface area contributed by atoms with Crippen molar-refractivity contribution in [1.29, 1.82) is 0 Å². The molecule has 3 rings (SSSR count). The van der Waals surface area contributed by atoms with Crippen LogP contribution in [0.5, 0.6) is 0 Å². The maximum absolute atomic E-state index is 14.7. The third-order valence-electron chi connectivity index (χ3n) is 4.68. The van der Waals surface area contributed by atoms with E-state index in [0.29, 0.717) is 5.57 Å². The predicted molar refractivity (Wildman–Crippen MR) is 117 cm³/mol. The number of carbonyl (C=O) groups excluding carboxylic acids is 2. The normalized spacial score (nSPS) is 13.9. The van der Waals surface area contributed by atoms with Crippen molar-refractivity contribution in [3.05, 3.63) is 71.3 Å². The van der Waals surface area contributed by atoms with Crippen LogP contribution in [0, 0.1) is 11.6 Å². The molecule has 2 aromatic rings. The molecule has 0 radical (unpaired) electrons. The molecular formula is C24H26F2N2O4. The lowest BCUT2D eigenvalue weighted by Crippen LogP contribution is -2.39. The van der Waals surface area contributed by atoms with Crippen LogP contribution in [0.1, 0.15) is 38.3 Å². The average Bonchev–Trinajstić information content (AvgIpc) is 2.72. The zero-order valence-corrected chi connectivity index (χ0v) is 18.3. The van der Waals surface area contributed by atoms with Crippen LogP contribution in [0.25, 0.3) is 5.57 Å². The highest BCUT2D eigenvalue weighted by Gasteiger charge is 2.26. The summed E-state index contributed by atoms with van der Waals surface area (Å²) in [5.74, 6) is -1.61. The molecule has 1 aliphatic rings. The molecule has 1 aliphatic heterocycles. The van der Waals surface area contributed by atoms with Crippen LogP contribution in [0.15, 0.2) is 48.5 Å². The molecule has 0 aliphatic carbocycles. The third kappa shape index (κ3) is 6.29. The predicted octanol–water partition coefficient (Wildman–Crippen LogP) is 5.74. The van der Waals surface area contributed by atoms with Crippen molar-refractivity contribution in [2.75, 3.05) is 18.4 Å². The van der Waals surface area contributed by atoms with Crippen molar-refractivity contribution in [1.82, 2.24) is 4.90 Å². The van der Waals surface area contributed by atoms with E-state index in [9.17, 15) is 18.4 Å². The van der Waals surface area contributed by atoms with Crippen molar-refractivity contribution in [3.63, 3.8) is 0 Å². The summed E-state index contributed by atoms with van der Waals surface area (Å²) in [5, 5.41) is 2.34. The van der Waals surface area contributed by atoms with Gasteiger partial charge >= 0.3 is 12.2 Å². The van der Waals surface area contributed by atoms with Crippen molar-refractivity contribution in [2.45, 2.75) is 39.4 Å². The number of nitrogens with zero attached hydrogens (tertiary/aromatic N) is 1. The Balaban J connectivity index is 1.63. The number of hydrogen-bond donors (Lipinski definition) is 1. The Bertz CT molecular complexity index is 993. The fourth-order valence-electron chi connectivity index (χ4n) is 3.22. The van der Waals surface area contributed by atoms with Gasteiger partial charge in [-0.05, 0) is 50.5 Å². The number of rotatable bonds is 4. The first kappa shape index (κ1) is 23.2. The molecule has 0 saturated heterocycles. The first-order valence-electron chi connectivity index (χ1n) is 10.3. The molecule has 6 nitrogen and oxygen atoms in total. The van der Waals surface area contributed by atoms with E-state index in [4.69, 9.17) is 9.47 Å². The molecule has 0 spiro atoms. The minimum atomic E-state index is -0.815. The van der Waals surface area contributed by atoms with E-state index in [2.05, 4.69) is 5.32 Å². The SMILES string of the molecule is CC(C)(C)OC(=O)N1CC=C(c2c(F)cc(NC(=O)OCc3ccccc3)cc2F)CC1. The van der Waals surface area contributed by atoms with Gasteiger partial charge in [0.2, 0.25) is 0 Å². The summed E-state index contributed by atoms with van der Waals surface area (Å²) in [6.45, 7) is 5.83. The van der Waals surface area contributed by atoms with Crippen molar-refractivity contribution in [3.8, 4) is 0 Å². The van der Waals surface area contributed by atoms with E-state index in [0.717, 1.165) is 17.7 Å². The number of amides is 2. The Hall–Kier alpha value is -3.42. The molecule has 0 aromatic heterocycles. The maximum atomic E-state index is 14.7. The summed E-state index contributed by atoms with van der Waals surface area (Å²) in [4.78, 5) is 25.6. The van der Waals surface area contributed by atoms with Gasteiger partial charge in [0.1, 0.15) is 23.8 Å². The molecule has 170 valence electrons. The minimum absolute atomic E-state index is 0.0384. The Morgan fingerprint density at radius 1 is 1.09 bits per heavy atom. The number of hydrogen-bond acceptors (Lipinski definition) is 4. The first-order chi connectivity index (χ1) is 15.1. The number of benzene rings is 2. The summed E-state index contributed by atoms with van der Waals surface area (Å²) in [6.07, 6.45) is 0.599. The molecule has 1 N–H and O–H groups in total. The third-order valence-corrected chi connectivity index (χ3v) is 4.68. The van der Waals surface area contributed by atoms with Gasteiger partial charge in [-0.2, -0.15) is 0 Å². The van der Waals surface area contributed by atoms with Crippen LogP contribution < -0.4 is 5.32 Å². The first-order valence-corrected chi connectivity index (χ1v) is 10.3. The molecule has 1 heterocycles. The number of anilines is 1. The van der Waals surface area contributed by atoms with Gasteiger partial charge < -0.3 is 14.4 Å². The largest absolute Gasteiger partial charge is 0.444 e. The van der Waals surface area contributed by atoms with Crippen LogP contribution in [0.4, 0.5) is 24.1 Å². The number of nitrogens with one attached hydrogen (secondary N) is 1. The highest BCUT2D eigenvalue weighted by molar-refractivity contribution is 5.85. The van der Waals surface area contributed by atoms with E-state index in [1.54, 1.807) is 39.0 Å². The number of halogens is 2. The topological polar surface area (TPSA) is 67.9 Å². The zero-order valence-electron chi connectivity index (χ0n) is 18.3. The van der Waals surface area contributed by atoms with Gasteiger partial charge in [0.05, 0.1) is 0 Å². The van der Waals surface area contributed by atoms with E-state index in [1.807, 2.05) is 18.2 Å². The van der Waals surface area contributed by atoms with Crippen LogP contribution >= 0.6 is 0 Å².